The molecule has 0 aliphatic heterocycles. The van der Waals surface area contributed by atoms with E-state index >= 15 is 0 Å². The monoisotopic (exact) mass is 347 g/mol. The third-order valence-corrected chi connectivity index (χ3v) is 3.69. The summed E-state index contributed by atoms with van der Waals surface area (Å²) in [4.78, 5) is 0. The first-order valence-corrected chi connectivity index (χ1v) is 6.52. The van der Waals surface area contributed by atoms with Crippen molar-refractivity contribution < 1.29 is 19.5 Å². The summed E-state index contributed by atoms with van der Waals surface area (Å²) in [6, 6.07) is 21.2. The Morgan fingerprint density at radius 1 is 0.895 bits per heavy atom. The molecule has 0 heterocycles. The van der Waals surface area contributed by atoms with Crippen LogP contribution in [0.4, 0.5) is 0 Å². The predicted molar refractivity (Wildman–Crippen MR) is 75.0 cm³/mol. The van der Waals surface area contributed by atoms with Crippen LogP contribution in [0.5, 0.6) is 0 Å². The fraction of sp³-hybridized carbons (Fsp3) is 0.118. The van der Waals surface area contributed by atoms with Crippen molar-refractivity contribution in [3.05, 3.63) is 78.2 Å². The molecule has 4 radical (unpaired) electrons. The molecule has 94 valence electrons. The molecule has 2 heteroatoms. The fourth-order valence-corrected chi connectivity index (χ4v) is 2.75. The summed E-state index contributed by atoms with van der Waals surface area (Å²) in [6.45, 7) is 0. The largest absolute Gasteiger partial charge is 0.302 e. The van der Waals surface area contributed by atoms with Crippen molar-refractivity contribution in [1.29, 1.82) is 0 Å². The molecule has 1 fully saturated rings. The third-order valence-electron chi connectivity index (χ3n) is 3.54. The van der Waals surface area contributed by atoms with E-state index in [4.69, 9.17) is 0 Å². The Labute approximate surface area is 130 Å². The van der Waals surface area contributed by atoms with E-state index in [1.54, 1.807) is 0 Å². The summed E-state index contributed by atoms with van der Waals surface area (Å²) >= 11 is 0. The van der Waals surface area contributed by atoms with E-state index in [-0.39, 0.29) is 24.9 Å². The molecule has 0 amide bonds. The van der Waals surface area contributed by atoms with Crippen LogP contribution in [0.3, 0.4) is 0 Å². The van der Waals surface area contributed by atoms with Crippen molar-refractivity contribution in [1.82, 2.24) is 0 Å². The van der Waals surface area contributed by atoms with Gasteiger partial charge >= 0.3 is 0 Å². The van der Waals surface area contributed by atoms with Crippen molar-refractivity contribution >= 4 is 10.2 Å². The number of benzene rings is 2. The van der Waals surface area contributed by atoms with Gasteiger partial charge in [-0.1, -0.05) is 71.8 Å². The molecule has 0 spiro atoms. The van der Waals surface area contributed by atoms with E-state index in [9.17, 15) is 0 Å². The Balaban J connectivity index is 0.00000133. The van der Waals surface area contributed by atoms with E-state index in [1.165, 1.54) is 11.1 Å². The van der Waals surface area contributed by atoms with Crippen LogP contribution in [0, 0.1) is 23.8 Å². The van der Waals surface area contributed by atoms with E-state index in [0.717, 1.165) is 0 Å². The van der Waals surface area contributed by atoms with Gasteiger partial charge in [-0.2, -0.15) is 0 Å². The molecule has 0 bridgehead atoms. The molecule has 1 saturated carbocycles. The van der Waals surface area contributed by atoms with Crippen LogP contribution in [0.2, 0.25) is 0 Å². The van der Waals surface area contributed by atoms with Crippen LogP contribution >= 0.6 is 0 Å². The minimum atomic E-state index is -0.0256. The first-order valence-electron chi connectivity index (χ1n) is 6.02. The van der Waals surface area contributed by atoms with Crippen molar-refractivity contribution in [3.8, 4) is 11.5 Å². The van der Waals surface area contributed by atoms with Crippen LogP contribution in [-0.4, -0.2) is 10.2 Å². The first kappa shape index (κ1) is 14.3. The van der Waals surface area contributed by atoms with Gasteiger partial charge < -0.3 is 6.42 Å². The molecule has 1 aliphatic rings. The zero-order valence-electron chi connectivity index (χ0n) is 10.3. The van der Waals surface area contributed by atoms with Crippen molar-refractivity contribution in [2.24, 2.45) is 5.92 Å². The zero-order valence-corrected chi connectivity index (χ0v) is 12.9. The molecule has 0 aromatic heterocycles. The average Bonchev–Trinajstić information content (AvgIpc) is 3.17. The maximum atomic E-state index is 3.25. The molecule has 19 heavy (non-hydrogen) atoms. The standard InChI is InChI=1S/C17H12Si.Rh/c18-12-11-16-13-17(16,14-7-3-1-4-8-14)15-9-5-2-6-10-15;/h1-10,13,16H;/q-1;. The minimum Gasteiger partial charge on any atom is -0.302 e. The molecular weight excluding hydrogens is 335 g/mol. The van der Waals surface area contributed by atoms with Crippen molar-refractivity contribution in [2.75, 3.05) is 0 Å². The number of hydrogen-bond acceptors (Lipinski definition) is 0. The van der Waals surface area contributed by atoms with Gasteiger partial charge in [-0.25, -0.2) is 0 Å². The van der Waals surface area contributed by atoms with Gasteiger partial charge in [-0.15, -0.1) is 22.8 Å². The summed E-state index contributed by atoms with van der Waals surface area (Å²) in [5, 5.41) is 0. The Morgan fingerprint density at radius 2 is 1.37 bits per heavy atom. The molecule has 0 saturated heterocycles. The normalized spacial score (nSPS) is 18.7. The topological polar surface area (TPSA) is 0 Å². The van der Waals surface area contributed by atoms with E-state index in [1.807, 2.05) is 0 Å². The Hall–Kier alpha value is -1.16. The quantitative estimate of drug-likeness (QED) is 0.445. The molecular formula is C17H12RhSi-. The van der Waals surface area contributed by atoms with Crippen LogP contribution in [0.15, 0.2) is 60.7 Å². The van der Waals surface area contributed by atoms with E-state index < -0.39 is 0 Å². The van der Waals surface area contributed by atoms with Gasteiger partial charge in [0.1, 0.15) is 10.2 Å². The first-order chi connectivity index (χ1) is 8.88. The molecule has 1 unspecified atom stereocenters. The summed E-state index contributed by atoms with van der Waals surface area (Å²) in [7, 11) is 3.25. The molecule has 2 aromatic rings. The van der Waals surface area contributed by atoms with Crippen molar-refractivity contribution in [2.45, 2.75) is 5.41 Å². The molecule has 2 aromatic carbocycles. The fourth-order valence-electron chi connectivity index (χ4n) is 2.59. The maximum absolute atomic E-state index is 3.25. The summed E-state index contributed by atoms with van der Waals surface area (Å²) in [5.74, 6) is 3.51. The predicted octanol–water partition coefficient (Wildman–Crippen LogP) is 2.93. The second-order valence-electron chi connectivity index (χ2n) is 4.51. The molecule has 0 N–H and O–H groups in total. The van der Waals surface area contributed by atoms with Crippen LogP contribution in [0.25, 0.3) is 0 Å². The molecule has 3 rings (SSSR count). The minimum absolute atomic E-state index is 0. The molecule has 0 nitrogen and oxygen atoms in total. The van der Waals surface area contributed by atoms with Gasteiger partial charge in [-0.3, -0.25) is 0 Å². The number of hydrogen-bond donors (Lipinski definition) is 0. The maximum Gasteiger partial charge on any atom is 0.147 e. The summed E-state index contributed by atoms with van der Waals surface area (Å²) < 4.78 is 0. The second kappa shape index (κ2) is 5.87. The van der Waals surface area contributed by atoms with Crippen molar-refractivity contribution in [3.63, 3.8) is 0 Å². The summed E-state index contributed by atoms with van der Waals surface area (Å²) in [5.41, 5.74) is 5.45. The van der Waals surface area contributed by atoms with E-state index in [0.29, 0.717) is 5.92 Å². The van der Waals surface area contributed by atoms with Crippen LogP contribution in [-0.2, 0) is 24.9 Å². The van der Waals surface area contributed by atoms with Crippen LogP contribution < -0.4 is 0 Å². The third kappa shape index (κ3) is 2.46. The Morgan fingerprint density at radius 3 is 1.79 bits per heavy atom. The Kier molecular flexibility index (Phi) is 4.40. The van der Waals surface area contributed by atoms with Gasteiger partial charge in [0, 0.05) is 19.5 Å². The second-order valence-corrected chi connectivity index (χ2v) is 4.76. The SMILES string of the molecule is [Rh].[Si]C#CC1[CH-]C1(c1ccccc1)c1ccccc1. The van der Waals surface area contributed by atoms with E-state index in [2.05, 4.69) is 88.8 Å². The smallest absolute Gasteiger partial charge is 0.147 e. The summed E-state index contributed by atoms with van der Waals surface area (Å²) in [6.07, 6.45) is 2.31. The van der Waals surface area contributed by atoms with Gasteiger partial charge in [0.15, 0.2) is 0 Å². The molecule has 1 aliphatic carbocycles. The average molecular weight is 347 g/mol. The van der Waals surface area contributed by atoms with Gasteiger partial charge in [0.05, 0.1) is 0 Å². The van der Waals surface area contributed by atoms with Gasteiger partial charge in [-0.05, 0) is 0 Å². The van der Waals surface area contributed by atoms with Gasteiger partial charge in [0.25, 0.3) is 0 Å². The number of rotatable bonds is 2. The molecule has 1 atom stereocenters. The van der Waals surface area contributed by atoms with Gasteiger partial charge in [0.2, 0.25) is 0 Å². The Bertz CT molecular complexity index is 556. The van der Waals surface area contributed by atoms with Crippen LogP contribution in [0.1, 0.15) is 11.1 Å². The zero-order chi connectivity index (χ0) is 12.4.